The second kappa shape index (κ2) is 8.41. The molecule has 0 atom stereocenters. The van der Waals surface area contributed by atoms with E-state index in [1.807, 2.05) is 24.3 Å². The van der Waals surface area contributed by atoms with E-state index in [9.17, 15) is 9.18 Å². The number of esters is 1. The lowest BCUT2D eigenvalue weighted by atomic mass is 9.97. The minimum atomic E-state index is -0.271. The summed E-state index contributed by atoms with van der Waals surface area (Å²) in [6.45, 7) is 0. The predicted molar refractivity (Wildman–Crippen MR) is 118 cm³/mol. The molecule has 0 bridgehead atoms. The molecule has 0 aliphatic rings. The summed E-state index contributed by atoms with van der Waals surface area (Å²) in [6, 6.07) is 20.5. The number of ether oxygens (including phenoxy) is 1. The summed E-state index contributed by atoms with van der Waals surface area (Å²) >= 11 is 0. The maximum atomic E-state index is 13.4. The first kappa shape index (κ1) is 19.7. The van der Waals surface area contributed by atoms with Crippen molar-refractivity contribution in [2.45, 2.75) is 19.3 Å². The molecule has 0 spiro atoms. The van der Waals surface area contributed by atoms with Gasteiger partial charge in [-0.15, -0.1) is 0 Å². The highest BCUT2D eigenvalue weighted by atomic mass is 19.1. The highest BCUT2D eigenvalue weighted by molar-refractivity contribution is 5.94. The largest absolute Gasteiger partial charge is 0.469 e. The fourth-order valence-electron chi connectivity index (χ4n) is 3.74. The van der Waals surface area contributed by atoms with Gasteiger partial charge in [-0.05, 0) is 83.6 Å². The minimum Gasteiger partial charge on any atom is -0.469 e. The Morgan fingerprint density at radius 1 is 0.967 bits per heavy atom. The van der Waals surface area contributed by atoms with Crippen LogP contribution in [-0.2, 0) is 16.0 Å². The molecule has 0 saturated carbocycles. The van der Waals surface area contributed by atoms with E-state index in [0.717, 1.165) is 44.5 Å². The van der Waals surface area contributed by atoms with Crippen LogP contribution in [0.2, 0.25) is 0 Å². The summed E-state index contributed by atoms with van der Waals surface area (Å²) < 4.78 is 18.2. The lowest BCUT2D eigenvalue weighted by Crippen LogP contribution is -2.00. The third-order valence-corrected chi connectivity index (χ3v) is 5.32. The van der Waals surface area contributed by atoms with Crippen molar-refractivity contribution in [2.24, 2.45) is 0 Å². The van der Waals surface area contributed by atoms with E-state index in [4.69, 9.17) is 10.5 Å². The topological polar surface area (TPSA) is 68.1 Å². The van der Waals surface area contributed by atoms with Crippen molar-refractivity contribution in [1.82, 2.24) is 4.98 Å². The standard InChI is InChI=1S/C25H23FN2O2/c1-30-24(29)4-2-3-21-22-15-18(16-7-12-20(27)13-8-16)9-14-23(22)28-25(21)17-5-10-19(26)11-6-17/h5-15,28H,2-4,27H2,1H3. The number of fused-ring (bicyclic) bond motifs is 1. The normalized spacial score (nSPS) is 11.0. The molecule has 0 radical (unpaired) electrons. The van der Waals surface area contributed by atoms with E-state index in [1.54, 1.807) is 12.1 Å². The van der Waals surface area contributed by atoms with Crippen LogP contribution in [0.5, 0.6) is 0 Å². The number of nitrogen functional groups attached to an aromatic ring is 1. The van der Waals surface area contributed by atoms with Gasteiger partial charge in [0.1, 0.15) is 5.82 Å². The van der Waals surface area contributed by atoms with Gasteiger partial charge in [-0.3, -0.25) is 4.79 Å². The first-order valence-electron chi connectivity index (χ1n) is 9.88. The Hall–Kier alpha value is -3.60. The van der Waals surface area contributed by atoms with Crippen LogP contribution in [-0.4, -0.2) is 18.1 Å². The van der Waals surface area contributed by atoms with E-state index in [-0.39, 0.29) is 11.8 Å². The van der Waals surface area contributed by atoms with Crippen molar-refractivity contribution in [1.29, 1.82) is 0 Å². The van der Waals surface area contributed by atoms with Crippen LogP contribution in [0.4, 0.5) is 10.1 Å². The summed E-state index contributed by atoms with van der Waals surface area (Å²) in [5.41, 5.74) is 12.7. The number of halogens is 1. The molecular weight excluding hydrogens is 379 g/mol. The van der Waals surface area contributed by atoms with Gasteiger partial charge in [-0.1, -0.05) is 18.2 Å². The van der Waals surface area contributed by atoms with Gasteiger partial charge in [0.2, 0.25) is 0 Å². The Labute approximate surface area is 174 Å². The molecule has 0 amide bonds. The minimum absolute atomic E-state index is 0.222. The zero-order chi connectivity index (χ0) is 21.1. The molecule has 4 rings (SSSR count). The van der Waals surface area contributed by atoms with Crippen LogP contribution in [0.25, 0.3) is 33.3 Å². The Morgan fingerprint density at radius 2 is 1.63 bits per heavy atom. The van der Waals surface area contributed by atoms with Gasteiger partial charge in [0, 0.05) is 28.7 Å². The molecule has 152 valence electrons. The Bertz CT molecular complexity index is 1180. The summed E-state index contributed by atoms with van der Waals surface area (Å²) in [7, 11) is 1.40. The predicted octanol–water partition coefficient (Wildman–Crippen LogP) is 5.72. The number of H-pyrrole nitrogens is 1. The number of rotatable bonds is 6. The van der Waals surface area contributed by atoms with Crippen molar-refractivity contribution in [3.05, 3.63) is 78.1 Å². The average Bonchev–Trinajstić information content (AvgIpc) is 3.12. The molecule has 4 aromatic rings. The molecule has 0 unspecified atom stereocenters. The van der Waals surface area contributed by atoms with Crippen LogP contribution in [0.1, 0.15) is 18.4 Å². The van der Waals surface area contributed by atoms with E-state index < -0.39 is 0 Å². The molecule has 0 aliphatic carbocycles. The number of aromatic amines is 1. The van der Waals surface area contributed by atoms with E-state index >= 15 is 0 Å². The zero-order valence-corrected chi connectivity index (χ0v) is 16.7. The summed E-state index contributed by atoms with van der Waals surface area (Å²) in [4.78, 5) is 15.1. The number of carbonyl (C=O) groups is 1. The lowest BCUT2D eigenvalue weighted by molar-refractivity contribution is -0.140. The Kier molecular flexibility index (Phi) is 5.53. The third kappa shape index (κ3) is 4.06. The second-order valence-corrected chi connectivity index (χ2v) is 7.30. The maximum Gasteiger partial charge on any atom is 0.305 e. The number of aryl methyl sites for hydroxylation is 1. The summed E-state index contributed by atoms with van der Waals surface area (Å²) in [5, 5.41) is 1.09. The number of hydrogen-bond acceptors (Lipinski definition) is 3. The number of nitrogens with one attached hydrogen (secondary N) is 1. The van der Waals surface area contributed by atoms with Crippen LogP contribution >= 0.6 is 0 Å². The molecule has 3 N–H and O–H groups in total. The first-order chi connectivity index (χ1) is 14.5. The lowest BCUT2D eigenvalue weighted by Gasteiger charge is -2.07. The quantitative estimate of drug-likeness (QED) is 0.320. The number of nitrogens with two attached hydrogens (primary N) is 1. The van der Waals surface area contributed by atoms with Gasteiger partial charge >= 0.3 is 5.97 Å². The highest BCUT2D eigenvalue weighted by Gasteiger charge is 2.15. The van der Waals surface area contributed by atoms with Gasteiger partial charge in [0.15, 0.2) is 0 Å². The van der Waals surface area contributed by atoms with Crippen LogP contribution < -0.4 is 5.73 Å². The molecule has 5 heteroatoms. The molecule has 4 nitrogen and oxygen atoms in total. The number of benzene rings is 3. The fraction of sp³-hybridized carbons (Fsp3) is 0.160. The van der Waals surface area contributed by atoms with Crippen LogP contribution in [0.3, 0.4) is 0 Å². The number of carbonyl (C=O) groups excluding carboxylic acids is 1. The highest BCUT2D eigenvalue weighted by Crippen LogP contribution is 2.34. The summed E-state index contributed by atoms with van der Waals surface area (Å²) in [6.07, 6.45) is 1.72. The SMILES string of the molecule is COC(=O)CCCc1c(-c2ccc(F)cc2)[nH]c2ccc(-c3ccc(N)cc3)cc12. The molecule has 1 aromatic heterocycles. The smallest absolute Gasteiger partial charge is 0.305 e. The fourth-order valence-corrected chi connectivity index (χ4v) is 3.74. The molecule has 3 aromatic carbocycles. The van der Waals surface area contributed by atoms with Gasteiger partial charge in [-0.2, -0.15) is 0 Å². The molecule has 0 saturated heterocycles. The molecular formula is C25H23FN2O2. The van der Waals surface area contributed by atoms with Gasteiger partial charge < -0.3 is 15.5 Å². The summed E-state index contributed by atoms with van der Waals surface area (Å²) in [5.74, 6) is -0.492. The van der Waals surface area contributed by atoms with Gasteiger partial charge in [0.05, 0.1) is 7.11 Å². The van der Waals surface area contributed by atoms with Crippen molar-refractivity contribution in [3.63, 3.8) is 0 Å². The molecule has 0 aliphatic heterocycles. The third-order valence-electron chi connectivity index (χ3n) is 5.32. The molecule has 1 heterocycles. The Balaban J connectivity index is 1.79. The van der Waals surface area contributed by atoms with Crippen LogP contribution in [0.15, 0.2) is 66.7 Å². The molecule has 30 heavy (non-hydrogen) atoms. The molecule has 0 fully saturated rings. The average molecular weight is 402 g/mol. The van der Waals surface area contributed by atoms with E-state index in [1.165, 1.54) is 19.2 Å². The van der Waals surface area contributed by atoms with E-state index in [0.29, 0.717) is 19.3 Å². The number of hydrogen-bond donors (Lipinski definition) is 2. The van der Waals surface area contributed by atoms with Crippen LogP contribution in [0, 0.1) is 5.82 Å². The van der Waals surface area contributed by atoms with Gasteiger partial charge in [-0.25, -0.2) is 4.39 Å². The van der Waals surface area contributed by atoms with Crippen molar-refractivity contribution >= 4 is 22.6 Å². The zero-order valence-electron chi connectivity index (χ0n) is 16.7. The van der Waals surface area contributed by atoms with Crippen molar-refractivity contribution in [2.75, 3.05) is 12.8 Å². The van der Waals surface area contributed by atoms with Crippen molar-refractivity contribution < 1.29 is 13.9 Å². The maximum absolute atomic E-state index is 13.4. The number of aromatic nitrogens is 1. The van der Waals surface area contributed by atoms with E-state index in [2.05, 4.69) is 23.2 Å². The van der Waals surface area contributed by atoms with Crippen molar-refractivity contribution in [3.8, 4) is 22.4 Å². The van der Waals surface area contributed by atoms with Gasteiger partial charge in [0.25, 0.3) is 0 Å². The monoisotopic (exact) mass is 402 g/mol. The number of anilines is 1. The second-order valence-electron chi connectivity index (χ2n) is 7.30. The Morgan fingerprint density at radius 3 is 2.33 bits per heavy atom. The number of methoxy groups -OCH3 is 1. The first-order valence-corrected chi connectivity index (χ1v) is 9.88.